The average molecular weight is 236 g/mol. The van der Waals surface area contributed by atoms with E-state index in [1.165, 1.54) is 0 Å². The van der Waals surface area contributed by atoms with Crippen LogP contribution in [0.25, 0.3) is 10.9 Å². The summed E-state index contributed by atoms with van der Waals surface area (Å²) >= 11 is 0. The molecule has 0 fully saturated rings. The number of hydrogen-bond acceptors (Lipinski definition) is 4. The van der Waals surface area contributed by atoms with E-state index in [9.17, 15) is 0 Å². The first kappa shape index (κ1) is 10.5. The number of benzene rings is 1. The van der Waals surface area contributed by atoms with Gasteiger partial charge in [-0.05, 0) is 36.4 Å². The standard InChI is InChI=1S/C14H12N4/c15-11-3-6-14(17-9-11)18-12-4-5-13-10(8-12)2-1-7-16-13/h1-9H,15H2,(H,17,18). The number of nitrogens with zero attached hydrogens (tertiary/aromatic N) is 2. The van der Waals surface area contributed by atoms with E-state index in [1.807, 2.05) is 42.5 Å². The van der Waals surface area contributed by atoms with E-state index in [0.29, 0.717) is 5.69 Å². The van der Waals surface area contributed by atoms with Crippen LogP contribution in [0.5, 0.6) is 0 Å². The van der Waals surface area contributed by atoms with Gasteiger partial charge in [-0.2, -0.15) is 0 Å². The Bertz CT molecular complexity index is 677. The molecule has 3 rings (SSSR count). The summed E-state index contributed by atoms with van der Waals surface area (Å²) in [6.45, 7) is 0. The molecule has 0 unspecified atom stereocenters. The van der Waals surface area contributed by atoms with Gasteiger partial charge in [-0.15, -0.1) is 0 Å². The highest BCUT2D eigenvalue weighted by atomic mass is 15.0. The molecule has 0 aliphatic rings. The Balaban J connectivity index is 1.92. The minimum absolute atomic E-state index is 0.656. The van der Waals surface area contributed by atoms with Crippen molar-refractivity contribution in [2.75, 3.05) is 11.1 Å². The van der Waals surface area contributed by atoms with E-state index >= 15 is 0 Å². The second-order valence-electron chi connectivity index (χ2n) is 4.01. The van der Waals surface area contributed by atoms with Gasteiger partial charge in [0.25, 0.3) is 0 Å². The van der Waals surface area contributed by atoms with E-state index in [-0.39, 0.29) is 0 Å². The molecule has 18 heavy (non-hydrogen) atoms. The number of pyridine rings is 2. The number of rotatable bonds is 2. The molecule has 88 valence electrons. The molecule has 0 radical (unpaired) electrons. The van der Waals surface area contributed by atoms with E-state index < -0.39 is 0 Å². The molecular formula is C14H12N4. The summed E-state index contributed by atoms with van der Waals surface area (Å²) in [6.07, 6.45) is 3.42. The quantitative estimate of drug-likeness (QED) is 0.718. The third kappa shape index (κ3) is 2.08. The van der Waals surface area contributed by atoms with Crippen molar-refractivity contribution in [3.8, 4) is 0 Å². The largest absolute Gasteiger partial charge is 0.397 e. The van der Waals surface area contributed by atoms with Crippen molar-refractivity contribution in [2.24, 2.45) is 0 Å². The minimum atomic E-state index is 0.656. The molecule has 0 atom stereocenters. The van der Waals surface area contributed by atoms with Crippen LogP contribution in [0.15, 0.2) is 54.9 Å². The normalized spacial score (nSPS) is 10.4. The minimum Gasteiger partial charge on any atom is -0.397 e. The number of hydrogen-bond donors (Lipinski definition) is 2. The number of nitrogens with one attached hydrogen (secondary N) is 1. The zero-order valence-corrected chi connectivity index (χ0v) is 9.67. The molecule has 4 nitrogen and oxygen atoms in total. The van der Waals surface area contributed by atoms with Gasteiger partial charge in [0.2, 0.25) is 0 Å². The maximum atomic E-state index is 5.60. The summed E-state index contributed by atoms with van der Waals surface area (Å²) in [5, 5.41) is 4.32. The van der Waals surface area contributed by atoms with Gasteiger partial charge in [0.15, 0.2) is 0 Å². The number of aromatic nitrogens is 2. The third-order valence-corrected chi connectivity index (χ3v) is 2.66. The van der Waals surface area contributed by atoms with Crippen molar-refractivity contribution in [3.63, 3.8) is 0 Å². The van der Waals surface area contributed by atoms with Gasteiger partial charge >= 0.3 is 0 Å². The molecule has 4 heteroatoms. The maximum absolute atomic E-state index is 5.60. The van der Waals surface area contributed by atoms with Gasteiger partial charge in [-0.1, -0.05) is 6.07 Å². The second kappa shape index (κ2) is 4.33. The first-order chi connectivity index (χ1) is 8.81. The third-order valence-electron chi connectivity index (χ3n) is 2.66. The smallest absolute Gasteiger partial charge is 0.130 e. The highest BCUT2D eigenvalue weighted by Crippen LogP contribution is 2.20. The fraction of sp³-hybridized carbons (Fsp3) is 0. The second-order valence-corrected chi connectivity index (χ2v) is 4.01. The summed E-state index contributed by atoms with van der Waals surface area (Å²) in [4.78, 5) is 8.48. The lowest BCUT2D eigenvalue weighted by Gasteiger charge is -2.06. The lowest BCUT2D eigenvalue weighted by atomic mass is 10.2. The van der Waals surface area contributed by atoms with Crippen molar-refractivity contribution < 1.29 is 0 Å². The summed E-state index contributed by atoms with van der Waals surface area (Å²) < 4.78 is 0. The van der Waals surface area contributed by atoms with Crippen LogP contribution in [-0.2, 0) is 0 Å². The van der Waals surface area contributed by atoms with Crippen LogP contribution < -0.4 is 11.1 Å². The van der Waals surface area contributed by atoms with Crippen molar-refractivity contribution in [2.45, 2.75) is 0 Å². The van der Waals surface area contributed by atoms with Crippen molar-refractivity contribution in [3.05, 3.63) is 54.9 Å². The Morgan fingerprint density at radius 1 is 1.00 bits per heavy atom. The molecule has 0 bridgehead atoms. The molecule has 2 heterocycles. The highest BCUT2D eigenvalue weighted by molar-refractivity contribution is 5.83. The van der Waals surface area contributed by atoms with E-state index in [1.54, 1.807) is 12.4 Å². The molecule has 0 saturated carbocycles. The Morgan fingerprint density at radius 3 is 2.78 bits per heavy atom. The van der Waals surface area contributed by atoms with Crippen molar-refractivity contribution in [1.29, 1.82) is 0 Å². The summed E-state index contributed by atoms with van der Waals surface area (Å²) in [6, 6.07) is 13.6. The zero-order chi connectivity index (χ0) is 12.4. The topological polar surface area (TPSA) is 63.8 Å². The predicted octanol–water partition coefficient (Wildman–Crippen LogP) is 2.96. The number of fused-ring (bicyclic) bond motifs is 1. The predicted molar refractivity (Wildman–Crippen MR) is 73.7 cm³/mol. The molecule has 0 aliphatic carbocycles. The molecule has 3 N–H and O–H groups in total. The van der Waals surface area contributed by atoms with Gasteiger partial charge in [0, 0.05) is 17.3 Å². The summed E-state index contributed by atoms with van der Waals surface area (Å²) in [5.41, 5.74) is 8.21. The highest BCUT2D eigenvalue weighted by Gasteiger charge is 1.98. The van der Waals surface area contributed by atoms with Gasteiger partial charge in [-0.3, -0.25) is 4.98 Å². The Labute approximate surface area is 104 Å². The molecule has 1 aromatic carbocycles. The van der Waals surface area contributed by atoms with E-state index in [2.05, 4.69) is 15.3 Å². The molecule has 0 amide bonds. The van der Waals surface area contributed by atoms with Crippen molar-refractivity contribution in [1.82, 2.24) is 9.97 Å². The monoisotopic (exact) mass is 236 g/mol. The van der Waals surface area contributed by atoms with Crippen LogP contribution in [0.4, 0.5) is 17.2 Å². The lowest BCUT2D eigenvalue weighted by Crippen LogP contribution is -1.94. The first-order valence-electron chi connectivity index (χ1n) is 5.65. The van der Waals surface area contributed by atoms with Crippen LogP contribution >= 0.6 is 0 Å². The summed E-state index contributed by atoms with van der Waals surface area (Å²) in [5.74, 6) is 0.771. The maximum Gasteiger partial charge on any atom is 0.130 e. The Morgan fingerprint density at radius 2 is 1.94 bits per heavy atom. The van der Waals surface area contributed by atoms with E-state index in [4.69, 9.17) is 5.73 Å². The molecule has 0 saturated heterocycles. The Kier molecular flexibility index (Phi) is 2.53. The molecule has 2 aromatic heterocycles. The molecule has 0 spiro atoms. The zero-order valence-electron chi connectivity index (χ0n) is 9.67. The number of nitrogen functional groups attached to an aromatic ring is 1. The fourth-order valence-electron chi connectivity index (χ4n) is 1.78. The average Bonchev–Trinajstić information content (AvgIpc) is 2.41. The van der Waals surface area contributed by atoms with Gasteiger partial charge in [0.05, 0.1) is 17.4 Å². The van der Waals surface area contributed by atoms with E-state index in [0.717, 1.165) is 22.4 Å². The van der Waals surface area contributed by atoms with Crippen LogP contribution in [0.1, 0.15) is 0 Å². The summed E-state index contributed by atoms with van der Waals surface area (Å²) in [7, 11) is 0. The SMILES string of the molecule is Nc1ccc(Nc2ccc3ncccc3c2)nc1. The number of nitrogens with two attached hydrogens (primary N) is 1. The van der Waals surface area contributed by atoms with Crippen LogP contribution in [-0.4, -0.2) is 9.97 Å². The number of anilines is 3. The molecular weight excluding hydrogens is 224 g/mol. The van der Waals surface area contributed by atoms with Crippen molar-refractivity contribution >= 4 is 28.1 Å². The fourth-order valence-corrected chi connectivity index (χ4v) is 1.78. The van der Waals surface area contributed by atoms with Gasteiger partial charge < -0.3 is 11.1 Å². The van der Waals surface area contributed by atoms with Gasteiger partial charge in [-0.25, -0.2) is 4.98 Å². The first-order valence-corrected chi connectivity index (χ1v) is 5.65. The van der Waals surface area contributed by atoms with Crippen LogP contribution in [0.3, 0.4) is 0 Å². The Hall–Kier alpha value is -2.62. The molecule has 0 aliphatic heterocycles. The lowest BCUT2D eigenvalue weighted by molar-refractivity contribution is 1.31. The molecule has 3 aromatic rings. The van der Waals surface area contributed by atoms with Crippen LogP contribution in [0, 0.1) is 0 Å². The van der Waals surface area contributed by atoms with Gasteiger partial charge in [0.1, 0.15) is 5.82 Å². The van der Waals surface area contributed by atoms with Crippen LogP contribution in [0.2, 0.25) is 0 Å².